The molecular formula is C15H12ClN3O2. The molecule has 0 saturated carbocycles. The average Bonchev–Trinajstić information content (AvgIpc) is 2.48. The second kappa shape index (κ2) is 6.16. The van der Waals surface area contributed by atoms with Gasteiger partial charge in [0.2, 0.25) is 0 Å². The lowest BCUT2D eigenvalue weighted by atomic mass is 10.1. The number of halogens is 1. The number of nitrogens with two attached hydrogens (primary N) is 1. The van der Waals surface area contributed by atoms with E-state index in [1.54, 1.807) is 36.4 Å². The molecule has 2 rings (SSSR count). The molecule has 0 unspecified atom stereocenters. The van der Waals surface area contributed by atoms with E-state index >= 15 is 0 Å². The van der Waals surface area contributed by atoms with Gasteiger partial charge in [0.1, 0.15) is 6.07 Å². The van der Waals surface area contributed by atoms with Gasteiger partial charge in [-0.1, -0.05) is 11.6 Å². The smallest absolute Gasteiger partial charge is 0.340 e. The number of nitrogens with zero attached hydrogens (tertiary/aromatic N) is 1. The maximum atomic E-state index is 11.6. The fourth-order valence-corrected chi connectivity index (χ4v) is 1.97. The highest BCUT2D eigenvalue weighted by Crippen LogP contribution is 2.26. The Hall–Kier alpha value is -2.71. The minimum atomic E-state index is -0.525. The number of hydrogen-bond donors (Lipinski definition) is 2. The SMILES string of the molecule is COC(=O)c1cc(Nc2cc(Cl)ccc2C#N)ccc1N. The van der Waals surface area contributed by atoms with Gasteiger partial charge in [0.05, 0.1) is 23.9 Å². The van der Waals surface area contributed by atoms with Crippen molar-refractivity contribution < 1.29 is 9.53 Å². The van der Waals surface area contributed by atoms with E-state index in [2.05, 4.69) is 16.1 Å². The molecule has 0 amide bonds. The molecule has 0 aliphatic heterocycles. The normalized spacial score (nSPS) is 9.76. The van der Waals surface area contributed by atoms with Crippen molar-refractivity contribution in [3.05, 3.63) is 52.5 Å². The molecule has 0 aromatic heterocycles. The molecule has 0 spiro atoms. The highest BCUT2D eigenvalue weighted by atomic mass is 35.5. The van der Waals surface area contributed by atoms with Crippen molar-refractivity contribution in [3.8, 4) is 6.07 Å². The van der Waals surface area contributed by atoms with E-state index in [9.17, 15) is 4.79 Å². The molecular weight excluding hydrogens is 290 g/mol. The number of carbonyl (C=O) groups excluding carboxylic acids is 1. The highest BCUT2D eigenvalue weighted by molar-refractivity contribution is 6.30. The zero-order valence-electron chi connectivity index (χ0n) is 11.2. The van der Waals surface area contributed by atoms with Gasteiger partial charge in [-0.2, -0.15) is 5.26 Å². The van der Waals surface area contributed by atoms with Crippen LogP contribution in [-0.4, -0.2) is 13.1 Å². The van der Waals surface area contributed by atoms with Crippen LogP contribution < -0.4 is 11.1 Å². The fourth-order valence-electron chi connectivity index (χ4n) is 1.79. The van der Waals surface area contributed by atoms with Crippen molar-refractivity contribution >= 4 is 34.6 Å². The molecule has 0 heterocycles. The first-order valence-corrected chi connectivity index (χ1v) is 6.37. The van der Waals surface area contributed by atoms with Crippen LogP contribution in [0.2, 0.25) is 5.02 Å². The van der Waals surface area contributed by atoms with Crippen molar-refractivity contribution in [1.29, 1.82) is 5.26 Å². The number of carbonyl (C=O) groups is 1. The lowest BCUT2D eigenvalue weighted by Gasteiger charge is -2.11. The Morgan fingerprint density at radius 3 is 2.76 bits per heavy atom. The summed E-state index contributed by atoms with van der Waals surface area (Å²) in [7, 11) is 1.28. The molecule has 106 valence electrons. The predicted molar refractivity (Wildman–Crippen MR) is 81.6 cm³/mol. The number of ether oxygens (including phenoxy) is 1. The van der Waals surface area contributed by atoms with Gasteiger partial charge in [-0.05, 0) is 36.4 Å². The Morgan fingerprint density at radius 1 is 1.33 bits per heavy atom. The van der Waals surface area contributed by atoms with E-state index in [4.69, 9.17) is 22.6 Å². The first-order valence-electron chi connectivity index (χ1n) is 5.99. The Bertz CT molecular complexity index is 738. The summed E-state index contributed by atoms with van der Waals surface area (Å²) in [6.45, 7) is 0. The standard InChI is InChI=1S/C15H12ClN3O2/c1-21-15(20)12-7-11(4-5-13(12)18)19-14-6-10(16)3-2-9(14)8-17/h2-7,19H,18H2,1H3. The summed E-state index contributed by atoms with van der Waals surface area (Å²) in [6, 6.07) is 11.8. The van der Waals surface area contributed by atoms with E-state index in [1.807, 2.05) is 0 Å². The van der Waals surface area contributed by atoms with Crippen molar-refractivity contribution in [2.75, 3.05) is 18.2 Å². The van der Waals surface area contributed by atoms with Crippen molar-refractivity contribution in [3.63, 3.8) is 0 Å². The monoisotopic (exact) mass is 301 g/mol. The summed E-state index contributed by atoms with van der Waals surface area (Å²) in [5.41, 5.74) is 7.90. The van der Waals surface area contributed by atoms with E-state index < -0.39 is 5.97 Å². The Balaban J connectivity index is 2.39. The number of rotatable bonds is 3. The van der Waals surface area contributed by atoms with Gasteiger partial charge in [0.15, 0.2) is 0 Å². The highest BCUT2D eigenvalue weighted by Gasteiger charge is 2.11. The van der Waals surface area contributed by atoms with Crippen LogP contribution in [0.4, 0.5) is 17.1 Å². The number of methoxy groups -OCH3 is 1. The third-order valence-corrected chi connectivity index (χ3v) is 3.07. The van der Waals surface area contributed by atoms with E-state index in [0.717, 1.165) is 0 Å². The van der Waals surface area contributed by atoms with Crippen LogP contribution in [-0.2, 0) is 4.74 Å². The zero-order valence-corrected chi connectivity index (χ0v) is 11.9. The average molecular weight is 302 g/mol. The van der Waals surface area contributed by atoms with Crippen LogP contribution in [0.15, 0.2) is 36.4 Å². The number of anilines is 3. The molecule has 0 aliphatic carbocycles. The molecule has 6 heteroatoms. The molecule has 0 saturated heterocycles. The summed E-state index contributed by atoms with van der Waals surface area (Å²) in [5.74, 6) is -0.525. The lowest BCUT2D eigenvalue weighted by Crippen LogP contribution is -2.06. The molecule has 2 aromatic rings. The molecule has 5 nitrogen and oxygen atoms in total. The number of esters is 1. The molecule has 2 aromatic carbocycles. The second-order valence-corrected chi connectivity index (χ2v) is 4.66. The Morgan fingerprint density at radius 2 is 2.10 bits per heavy atom. The predicted octanol–water partition coefficient (Wildman–Crippen LogP) is 3.32. The first kappa shape index (κ1) is 14.7. The van der Waals surface area contributed by atoms with E-state index in [-0.39, 0.29) is 5.56 Å². The zero-order chi connectivity index (χ0) is 15.4. The second-order valence-electron chi connectivity index (χ2n) is 4.22. The summed E-state index contributed by atoms with van der Waals surface area (Å²) < 4.78 is 4.67. The summed E-state index contributed by atoms with van der Waals surface area (Å²) >= 11 is 5.93. The van der Waals surface area contributed by atoms with Crippen LogP contribution in [0.25, 0.3) is 0 Å². The third-order valence-electron chi connectivity index (χ3n) is 2.84. The van der Waals surface area contributed by atoms with Gasteiger partial charge in [-0.3, -0.25) is 0 Å². The maximum absolute atomic E-state index is 11.6. The first-order chi connectivity index (χ1) is 10.0. The van der Waals surface area contributed by atoms with Crippen molar-refractivity contribution in [1.82, 2.24) is 0 Å². The van der Waals surface area contributed by atoms with E-state index in [1.165, 1.54) is 7.11 Å². The minimum Gasteiger partial charge on any atom is -0.465 e. The van der Waals surface area contributed by atoms with Gasteiger partial charge < -0.3 is 15.8 Å². The van der Waals surface area contributed by atoms with Gasteiger partial charge in [-0.15, -0.1) is 0 Å². The molecule has 21 heavy (non-hydrogen) atoms. The van der Waals surface area contributed by atoms with Crippen LogP contribution in [0.5, 0.6) is 0 Å². The van der Waals surface area contributed by atoms with Gasteiger partial charge in [0, 0.05) is 16.4 Å². The Labute approximate surface area is 126 Å². The maximum Gasteiger partial charge on any atom is 0.340 e. The fraction of sp³-hybridized carbons (Fsp3) is 0.0667. The van der Waals surface area contributed by atoms with Crippen LogP contribution >= 0.6 is 11.6 Å². The summed E-state index contributed by atoms with van der Waals surface area (Å²) in [4.78, 5) is 11.6. The van der Waals surface area contributed by atoms with Crippen molar-refractivity contribution in [2.24, 2.45) is 0 Å². The van der Waals surface area contributed by atoms with Crippen LogP contribution in [0.3, 0.4) is 0 Å². The van der Waals surface area contributed by atoms with Gasteiger partial charge >= 0.3 is 5.97 Å². The number of nitriles is 1. The molecule has 0 radical (unpaired) electrons. The topological polar surface area (TPSA) is 88.1 Å². The lowest BCUT2D eigenvalue weighted by molar-refractivity contribution is 0.0602. The largest absolute Gasteiger partial charge is 0.465 e. The molecule has 3 N–H and O–H groups in total. The molecule has 0 aliphatic rings. The number of nitrogen functional groups attached to an aromatic ring is 1. The summed E-state index contributed by atoms with van der Waals surface area (Å²) in [5, 5.41) is 12.6. The Kier molecular flexibility index (Phi) is 4.31. The van der Waals surface area contributed by atoms with Gasteiger partial charge in [0.25, 0.3) is 0 Å². The van der Waals surface area contributed by atoms with Crippen LogP contribution in [0.1, 0.15) is 15.9 Å². The third kappa shape index (κ3) is 3.25. The van der Waals surface area contributed by atoms with E-state index in [0.29, 0.717) is 27.6 Å². The van der Waals surface area contributed by atoms with Gasteiger partial charge in [-0.25, -0.2) is 4.79 Å². The quantitative estimate of drug-likeness (QED) is 0.670. The number of hydrogen-bond acceptors (Lipinski definition) is 5. The molecule has 0 fully saturated rings. The van der Waals surface area contributed by atoms with Crippen molar-refractivity contribution in [2.45, 2.75) is 0 Å². The minimum absolute atomic E-state index is 0.253. The number of nitrogens with one attached hydrogen (secondary N) is 1. The van der Waals surface area contributed by atoms with Crippen LogP contribution in [0, 0.1) is 11.3 Å². The molecule has 0 bridgehead atoms. The summed E-state index contributed by atoms with van der Waals surface area (Å²) in [6.07, 6.45) is 0. The molecule has 0 atom stereocenters. The number of benzene rings is 2.